The van der Waals surface area contributed by atoms with Crippen molar-refractivity contribution in [3.05, 3.63) is 78.4 Å². The Morgan fingerprint density at radius 1 is 1.00 bits per heavy atom. The summed E-state index contributed by atoms with van der Waals surface area (Å²) in [7, 11) is 0. The Bertz CT molecular complexity index is 682. The topological polar surface area (TPSA) is 9.23 Å². The third-order valence-corrected chi connectivity index (χ3v) is 3.95. The zero-order chi connectivity index (χ0) is 16.7. The molecule has 0 bridgehead atoms. The lowest BCUT2D eigenvalue weighted by Crippen LogP contribution is -1.99. The van der Waals surface area contributed by atoms with Crippen LogP contribution in [0.2, 0.25) is 0 Å². The number of rotatable bonds is 8. The van der Waals surface area contributed by atoms with Gasteiger partial charge in [-0.3, -0.25) is 0 Å². The monoisotopic (exact) mass is 306 g/mol. The first kappa shape index (κ1) is 17.1. The van der Waals surface area contributed by atoms with Crippen LogP contribution < -0.4 is 4.74 Å². The zero-order valence-corrected chi connectivity index (χ0v) is 14.3. The van der Waals surface area contributed by atoms with Crippen molar-refractivity contribution in [3.8, 4) is 16.9 Å². The van der Waals surface area contributed by atoms with Gasteiger partial charge in [0.25, 0.3) is 0 Å². The van der Waals surface area contributed by atoms with E-state index in [4.69, 9.17) is 4.74 Å². The van der Waals surface area contributed by atoms with Gasteiger partial charge < -0.3 is 4.74 Å². The van der Waals surface area contributed by atoms with Crippen molar-refractivity contribution < 1.29 is 4.74 Å². The first-order chi connectivity index (χ1) is 11.2. The van der Waals surface area contributed by atoms with Crippen molar-refractivity contribution in [2.24, 2.45) is 0 Å². The van der Waals surface area contributed by atoms with Gasteiger partial charge in [0.05, 0.1) is 6.61 Å². The Balaban J connectivity index is 2.23. The Labute approximate surface area is 140 Å². The van der Waals surface area contributed by atoms with Crippen molar-refractivity contribution in [1.82, 2.24) is 0 Å². The molecule has 0 radical (unpaired) electrons. The molecule has 1 heteroatoms. The normalized spacial score (nSPS) is 10.3. The standard InChI is InChI=1S/C22H26O/c1-5-7-8-13-23-22-15-17(3)21(14-18(22)4)20-12-9-11-19(16-20)10-6-2/h5-6,9,11-12,14-16H,1-2,7-8,10,13H2,3-4H3. The van der Waals surface area contributed by atoms with Crippen LogP contribution in [0.1, 0.15) is 29.5 Å². The van der Waals surface area contributed by atoms with Crippen LogP contribution in [0.15, 0.2) is 61.7 Å². The van der Waals surface area contributed by atoms with E-state index < -0.39 is 0 Å². The van der Waals surface area contributed by atoms with Crippen molar-refractivity contribution in [2.45, 2.75) is 33.1 Å². The maximum atomic E-state index is 5.91. The van der Waals surface area contributed by atoms with Gasteiger partial charge in [0.1, 0.15) is 5.75 Å². The second-order valence-electron chi connectivity index (χ2n) is 5.91. The van der Waals surface area contributed by atoms with Gasteiger partial charge in [-0.05, 0) is 73.1 Å². The molecule has 0 heterocycles. The van der Waals surface area contributed by atoms with Gasteiger partial charge >= 0.3 is 0 Å². The summed E-state index contributed by atoms with van der Waals surface area (Å²) >= 11 is 0. The minimum absolute atomic E-state index is 0.737. The Kier molecular flexibility index (Phi) is 6.22. The van der Waals surface area contributed by atoms with E-state index in [9.17, 15) is 0 Å². The van der Waals surface area contributed by atoms with E-state index in [1.54, 1.807) is 0 Å². The molecule has 0 spiro atoms. The molecule has 1 nitrogen and oxygen atoms in total. The van der Waals surface area contributed by atoms with Crippen molar-refractivity contribution in [1.29, 1.82) is 0 Å². The minimum atomic E-state index is 0.737. The highest BCUT2D eigenvalue weighted by Gasteiger charge is 2.08. The van der Waals surface area contributed by atoms with Gasteiger partial charge in [-0.25, -0.2) is 0 Å². The molecule has 0 fully saturated rings. The van der Waals surface area contributed by atoms with Crippen LogP contribution in [0.4, 0.5) is 0 Å². The summed E-state index contributed by atoms with van der Waals surface area (Å²) in [5.41, 5.74) is 6.23. The number of hydrogen-bond acceptors (Lipinski definition) is 1. The zero-order valence-electron chi connectivity index (χ0n) is 14.3. The lowest BCUT2D eigenvalue weighted by Gasteiger charge is -2.14. The molecule has 0 amide bonds. The summed E-state index contributed by atoms with van der Waals surface area (Å²) < 4.78 is 5.91. The molecule has 23 heavy (non-hydrogen) atoms. The molecule has 0 aliphatic rings. The molecule has 0 aromatic heterocycles. The number of allylic oxidation sites excluding steroid dienone is 2. The van der Waals surface area contributed by atoms with Crippen LogP contribution in [0, 0.1) is 13.8 Å². The van der Waals surface area contributed by atoms with E-state index >= 15 is 0 Å². The molecule has 0 unspecified atom stereocenters. The fraction of sp³-hybridized carbons (Fsp3) is 0.273. The van der Waals surface area contributed by atoms with Crippen molar-refractivity contribution in [3.63, 3.8) is 0 Å². The molecule has 0 aliphatic carbocycles. The third-order valence-electron chi connectivity index (χ3n) is 3.95. The molecule has 0 saturated carbocycles. The van der Waals surface area contributed by atoms with Crippen LogP contribution in [0.25, 0.3) is 11.1 Å². The largest absolute Gasteiger partial charge is 0.493 e. The highest BCUT2D eigenvalue weighted by atomic mass is 16.5. The molecule has 2 rings (SSSR count). The van der Waals surface area contributed by atoms with Gasteiger partial charge in [0.15, 0.2) is 0 Å². The first-order valence-electron chi connectivity index (χ1n) is 8.21. The van der Waals surface area contributed by atoms with E-state index in [1.807, 2.05) is 12.2 Å². The quantitative estimate of drug-likeness (QED) is 0.426. The second kappa shape index (κ2) is 8.38. The van der Waals surface area contributed by atoms with Crippen molar-refractivity contribution in [2.75, 3.05) is 6.61 Å². The Morgan fingerprint density at radius 3 is 2.57 bits per heavy atom. The average molecular weight is 306 g/mol. The number of hydrogen-bond donors (Lipinski definition) is 0. The summed E-state index contributed by atoms with van der Waals surface area (Å²) in [5, 5.41) is 0. The second-order valence-corrected chi connectivity index (χ2v) is 5.91. The molecule has 0 saturated heterocycles. The van der Waals surface area contributed by atoms with Crippen molar-refractivity contribution >= 4 is 0 Å². The van der Waals surface area contributed by atoms with Crippen LogP contribution in [-0.4, -0.2) is 6.61 Å². The predicted octanol–water partition coefficient (Wildman–Crippen LogP) is 6.04. The molecule has 0 aliphatic heterocycles. The maximum absolute atomic E-state index is 5.91. The van der Waals surface area contributed by atoms with Crippen LogP contribution in [-0.2, 0) is 6.42 Å². The van der Waals surface area contributed by atoms with Gasteiger partial charge in [0.2, 0.25) is 0 Å². The highest BCUT2D eigenvalue weighted by Crippen LogP contribution is 2.31. The summed E-state index contributed by atoms with van der Waals surface area (Å²) in [5.74, 6) is 0.984. The fourth-order valence-corrected chi connectivity index (χ4v) is 2.70. The third kappa shape index (κ3) is 4.59. The fourth-order valence-electron chi connectivity index (χ4n) is 2.70. The molecular formula is C22H26O. The van der Waals surface area contributed by atoms with Crippen LogP contribution >= 0.6 is 0 Å². The lowest BCUT2D eigenvalue weighted by atomic mass is 9.96. The summed E-state index contributed by atoms with van der Waals surface area (Å²) in [6, 6.07) is 13.0. The molecule has 120 valence electrons. The summed E-state index contributed by atoms with van der Waals surface area (Å²) in [6.45, 7) is 12.6. The van der Waals surface area contributed by atoms with E-state index in [0.29, 0.717) is 0 Å². The summed E-state index contributed by atoms with van der Waals surface area (Å²) in [6.07, 6.45) is 6.77. The average Bonchev–Trinajstić information content (AvgIpc) is 2.55. The smallest absolute Gasteiger partial charge is 0.122 e. The Hall–Kier alpha value is -2.28. The highest BCUT2D eigenvalue weighted by molar-refractivity contribution is 5.70. The number of ether oxygens (including phenoxy) is 1. The van der Waals surface area contributed by atoms with E-state index in [-0.39, 0.29) is 0 Å². The number of unbranched alkanes of at least 4 members (excludes halogenated alkanes) is 1. The minimum Gasteiger partial charge on any atom is -0.493 e. The van der Waals surface area contributed by atoms with Crippen LogP contribution in [0.5, 0.6) is 5.75 Å². The molecule has 2 aromatic carbocycles. The maximum Gasteiger partial charge on any atom is 0.122 e. The first-order valence-corrected chi connectivity index (χ1v) is 8.21. The number of aryl methyl sites for hydroxylation is 2. The van der Waals surface area contributed by atoms with Crippen LogP contribution in [0.3, 0.4) is 0 Å². The lowest BCUT2D eigenvalue weighted by molar-refractivity contribution is 0.310. The molecule has 2 aromatic rings. The molecular weight excluding hydrogens is 280 g/mol. The number of benzene rings is 2. The van der Waals surface area contributed by atoms with E-state index in [2.05, 4.69) is 63.4 Å². The van der Waals surface area contributed by atoms with Gasteiger partial charge in [0, 0.05) is 0 Å². The molecule has 0 N–H and O–H groups in total. The molecule has 0 atom stereocenters. The van der Waals surface area contributed by atoms with Gasteiger partial charge in [-0.15, -0.1) is 13.2 Å². The predicted molar refractivity (Wildman–Crippen MR) is 100 cm³/mol. The van der Waals surface area contributed by atoms with Gasteiger partial charge in [-0.1, -0.05) is 36.4 Å². The SMILES string of the molecule is C=CCCCOc1cc(C)c(-c2cccc(CC=C)c2)cc1C. The Morgan fingerprint density at radius 2 is 1.83 bits per heavy atom. The summed E-state index contributed by atoms with van der Waals surface area (Å²) in [4.78, 5) is 0. The van der Waals surface area contributed by atoms with Gasteiger partial charge in [-0.2, -0.15) is 0 Å². The van der Waals surface area contributed by atoms with E-state index in [0.717, 1.165) is 31.6 Å². The van der Waals surface area contributed by atoms with E-state index in [1.165, 1.54) is 27.8 Å².